The normalized spacial score (nSPS) is 17.3. The molecular weight excluding hydrogens is 266 g/mol. The zero-order valence-electron chi connectivity index (χ0n) is 12.7. The number of nitrogens with one attached hydrogen (secondary N) is 1. The first-order valence-corrected chi connectivity index (χ1v) is 8.78. The monoisotopic (exact) mass is 293 g/mol. The smallest absolute Gasteiger partial charge is 0.118 e. The van der Waals surface area contributed by atoms with Gasteiger partial charge in [0.2, 0.25) is 0 Å². The minimum atomic E-state index is 0.628. The molecule has 1 fully saturated rings. The van der Waals surface area contributed by atoms with Crippen LogP contribution in [0.3, 0.4) is 0 Å². The summed E-state index contributed by atoms with van der Waals surface area (Å²) in [6.45, 7) is 0. The minimum Gasteiger partial charge on any atom is -0.497 e. The van der Waals surface area contributed by atoms with Crippen LogP contribution in [0.25, 0.3) is 0 Å². The van der Waals surface area contributed by atoms with E-state index in [0.717, 1.165) is 17.4 Å². The average Bonchev–Trinajstić information content (AvgIpc) is 3.01. The number of benzene rings is 1. The Morgan fingerprint density at radius 2 is 1.95 bits per heavy atom. The third-order valence-electron chi connectivity index (χ3n) is 4.18. The van der Waals surface area contributed by atoms with Gasteiger partial charge in [0.05, 0.1) is 7.11 Å². The maximum absolute atomic E-state index is 5.20. The standard InChI is InChI=1S/C17H27NOS/c1-18-15(13-20-17-5-3-4-6-17)10-7-14-8-11-16(19-2)12-9-14/h8-9,11-12,15,17-18H,3-7,10,13H2,1-2H3. The first kappa shape index (κ1) is 15.7. The fourth-order valence-electron chi connectivity index (χ4n) is 2.75. The zero-order valence-corrected chi connectivity index (χ0v) is 13.5. The lowest BCUT2D eigenvalue weighted by Gasteiger charge is -2.18. The lowest BCUT2D eigenvalue weighted by atomic mass is 10.1. The maximum atomic E-state index is 5.20. The highest BCUT2D eigenvalue weighted by atomic mass is 32.2. The number of aryl methyl sites for hydroxylation is 1. The number of ether oxygens (including phenoxy) is 1. The van der Waals surface area contributed by atoms with Gasteiger partial charge in [-0.05, 0) is 50.4 Å². The summed E-state index contributed by atoms with van der Waals surface area (Å²) in [5.74, 6) is 2.19. The summed E-state index contributed by atoms with van der Waals surface area (Å²) in [4.78, 5) is 0. The van der Waals surface area contributed by atoms with Crippen LogP contribution in [0.5, 0.6) is 5.75 Å². The van der Waals surface area contributed by atoms with Crippen molar-refractivity contribution >= 4 is 11.8 Å². The van der Waals surface area contributed by atoms with E-state index in [-0.39, 0.29) is 0 Å². The second kappa shape index (κ2) is 8.58. The molecule has 0 radical (unpaired) electrons. The average molecular weight is 293 g/mol. The van der Waals surface area contributed by atoms with Crippen LogP contribution in [-0.4, -0.2) is 31.2 Å². The fourth-order valence-corrected chi connectivity index (χ4v) is 4.26. The highest BCUT2D eigenvalue weighted by Crippen LogP contribution is 2.30. The molecule has 1 aromatic carbocycles. The summed E-state index contributed by atoms with van der Waals surface area (Å²) in [6, 6.07) is 9.09. The fraction of sp³-hybridized carbons (Fsp3) is 0.647. The van der Waals surface area contributed by atoms with E-state index in [0.29, 0.717) is 6.04 Å². The van der Waals surface area contributed by atoms with Crippen molar-refractivity contribution in [2.24, 2.45) is 0 Å². The van der Waals surface area contributed by atoms with Gasteiger partial charge >= 0.3 is 0 Å². The third kappa shape index (κ3) is 5.02. The van der Waals surface area contributed by atoms with Crippen LogP contribution >= 0.6 is 11.8 Å². The first-order chi connectivity index (χ1) is 9.81. The Hall–Kier alpha value is -0.670. The van der Waals surface area contributed by atoms with Crippen LogP contribution in [0, 0.1) is 0 Å². The lowest BCUT2D eigenvalue weighted by Crippen LogP contribution is -2.29. The predicted molar refractivity (Wildman–Crippen MR) is 88.9 cm³/mol. The summed E-state index contributed by atoms with van der Waals surface area (Å²) in [6.07, 6.45) is 8.09. The maximum Gasteiger partial charge on any atom is 0.118 e. The molecule has 2 rings (SSSR count). The molecule has 1 aliphatic rings. The number of hydrogen-bond donors (Lipinski definition) is 1. The quantitative estimate of drug-likeness (QED) is 0.785. The van der Waals surface area contributed by atoms with Crippen molar-refractivity contribution < 1.29 is 4.74 Å². The molecule has 20 heavy (non-hydrogen) atoms. The van der Waals surface area contributed by atoms with Crippen molar-refractivity contribution in [3.8, 4) is 5.75 Å². The van der Waals surface area contributed by atoms with Gasteiger partial charge in [-0.1, -0.05) is 25.0 Å². The van der Waals surface area contributed by atoms with E-state index >= 15 is 0 Å². The Kier molecular flexibility index (Phi) is 6.74. The Labute approximate surface area is 127 Å². The van der Waals surface area contributed by atoms with Crippen molar-refractivity contribution in [3.63, 3.8) is 0 Å². The first-order valence-electron chi connectivity index (χ1n) is 7.73. The second-order valence-corrected chi connectivity index (χ2v) is 6.95. The lowest BCUT2D eigenvalue weighted by molar-refractivity contribution is 0.414. The van der Waals surface area contributed by atoms with Gasteiger partial charge in [0.15, 0.2) is 0 Å². The Bertz CT molecular complexity index is 373. The molecule has 1 aliphatic carbocycles. The molecule has 0 aromatic heterocycles. The van der Waals surface area contributed by atoms with Crippen LogP contribution in [0.1, 0.15) is 37.7 Å². The van der Waals surface area contributed by atoms with Crippen LogP contribution < -0.4 is 10.1 Å². The van der Waals surface area contributed by atoms with E-state index in [9.17, 15) is 0 Å². The topological polar surface area (TPSA) is 21.3 Å². The largest absolute Gasteiger partial charge is 0.497 e. The summed E-state index contributed by atoms with van der Waals surface area (Å²) in [5, 5.41) is 4.40. The van der Waals surface area contributed by atoms with E-state index in [2.05, 4.69) is 48.4 Å². The van der Waals surface area contributed by atoms with Crippen LogP contribution in [0.4, 0.5) is 0 Å². The molecule has 1 N–H and O–H groups in total. The molecule has 0 aliphatic heterocycles. The van der Waals surface area contributed by atoms with Crippen molar-refractivity contribution in [1.29, 1.82) is 0 Å². The van der Waals surface area contributed by atoms with Crippen LogP contribution in [0.2, 0.25) is 0 Å². The summed E-state index contributed by atoms with van der Waals surface area (Å²) < 4.78 is 5.20. The predicted octanol–water partition coefficient (Wildman–Crippen LogP) is 3.89. The molecule has 1 saturated carbocycles. The Morgan fingerprint density at radius 1 is 1.25 bits per heavy atom. The van der Waals surface area contributed by atoms with Gasteiger partial charge in [0, 0.05) is 17.0 Å². The molecule has 0 amide bonds. The van der Waals surface area contributed by atoms with E-state index in [4.69, 9.17) is 4.74 Å². The molecule has 3 heteroatoms. The second-order valence-electron chi connectivity index (χ2n) is 5.61. The molecule has 2 nitrogen and oxygen atoms in total. The van der Waals surface area contributed by atoms with Crippen molar-refractivity contribution in [2.75, 3.05) is 19.9 Å². The van der Waals surface area contributed by atoms with Gasteiger partial charge < -0.3 is 10.1 Å². The van der Waals surface area contributed by atoms with Crippen molar-refractivity contribution in [2.45, 2.75) is 49.8 Å². The molecule has 0 bridgehead atoms. The van der Waals surface area contributed by atoms with Gasteiger partial charge in [0.25, 0.3) is 0 Å². The molecule has 0 heterocycles. The Morgan fingerprint density at radius 3 is 2.55 bits per heavy atom. The number of thioether (sulfide) groups is 1. The van der Waals surface area contributed by atoms with Crippen molar-refractivity contribution in [3.05, 3.63) is 29.8 Å². The van der Waals surface area contributed by atoms with E-state index in [1.165, 1.54) is 43.4 Å². The molecule has 0 saturated heterocycles. The molecule has 1 unspecified atom stereocenters. The molecule has 1 aromatic rings. The van der Waals surface area contributed by atoms with Crippen molar-refractivity contribution in [1.82, 2.24) is 5.32 Å². The zero-order chi connectivity index (χ0) is 14.2. The highest BCUT2D eigenvalue weighted by Gasteiger charge is 2.17. The summed E-state index contributed by atoms with van der Waals surface area (Å²) in [5.41, 5.74) is 1.40. The van der Waals surface area contributed by atoms with Gasteiger partial charge in [-0.15, -0.1) is 0 Å². The van der Waals surface area contributed by atoms with E-state index in [1.54, 1.807) is 7.11 Å². The van der Waals surface area contributed by atoms with Gasteiger partial charge in [-0.3, -0.25) is 0 Å². The third-order valence-corrected chi connectivity index (χ3v) is 5.72. The van der Waals surface area contributed by atoms with Gasteiger partial charge in [-0.2, -0.15) is 11.8 Å². The Balaban J connectivity index is 1.71. The van der Waals surface area contributed by atoms with Crippen LogP contribution in [0.15, 0.2) is 24.3 Å². The molecular formula is C17H27NOS. The summed E-state index contributed by atoms with van der Waals surface area (Å²) in [7, 11) is 3.81. The van der Waals surface area contributed by atoms with E-state index in [1.807, 2.05) is 0 Å². The highest BCUT2D eigenvalue weighted by molar-refractivity contribution is 7.99. The molecule has 1 atom stereocenters. The molecule has 112 valence electrons. The summed E-state index contributed by atoms with van der Waals surface area (Å²) >= 11 is 2.18. The number of hydrogen-bond acceptors (Lipinski definition) is 3. The van der Waals surface area contributed by atoms with Crippen LogP contribution in [-0.2, 0) is 6.42 Å². The number of rotatable bonds is 8. The van der Waals surface area contributed by atoms with Gasteiger partial charge in [-0.25, -0.2) is 0 Å². The SMILES string of the molecule is CNC(CCc1ccc(OC)cc1)CSC1CCCC1. The van der Waals surface area contributed by atoms with E-state index < -0.39 is 0 Å². The number of methoxy groups -OCH3 is 1. The van der Waals surface area contributed by atoms with Gasteiger partial charge in [0.1, 0.15) is 5.75 Å². The molecule has 0 spiro atoms. The minimum absolute atomic E-state index is 0.628.